The molecule has 0 unspecified atom stereocenters. The van der Waals surface area contributed by atoms with Gasteiger partial charge in [0.1, 0.15) is 17.7 Å². The molecule has 3 aromatic rings. The highest BCUT2D eigenvalue weighted by Crippen LogP contribution is 2.34. The van der Waals surface area contributed by atoms with Gasteiger partial charge in [0.25, 0.3) is 0 Å². The molecule has 3 aromatic heterocycles. The van der Waals surface area contributed by atoms with E-state index in [2.05, 4.69) is 31.0 Å². The maximum atomic E-state index is 12.9. The van der Waals surface area contributed by atoms with E-state index in [-0.39, 0.29) is 5.91 Å². The fourth-order valence-electron chi connectivity index (χ4n) is 3.73. The molecule has 26 heavy (non-hydrogen) atoms. The van der Waals surface area contributed by atoms with Gasteiger partial charge in [-0.05, 0) is 41.8 Å². The van der Waals surface area contributed by atoms with Gasteiger partial charge in [-0.25, -0.2) is 4.68 Å². The van der Waals surface area contributed by atoms with Crippen molar-refractivity contribution in [3.05, 3.63) is 36.5 Å². The van der Waals surface area contributed by atoms with E-state index in [1.54, 1.807) is 11.0 Å². The number of aryl methyl sites for hydroxylation is 1. The Bertz CT molecular complexity index is 866. The van der Waals surface area contributed by atoms with Crippen LogP contribution in [0.4, 0.5) is 0 Å². The third-order valence-electron chi connectivity index (χ3n) is 5.14. The molecule has 1 fully saturated rings. The molecule has 0 atom stereocenters. The summed E-state index contributed by atoms with van der Waals surface area (Å²) in [6, 6.07) is 5.83. The standard InChI is InChI=1S/C17H22N8O/c26-16(17(9-3-1-4-10-17)25-13-19-22-23-25)18-11-6-8-15-21-20-14-7-2-5-12-24(14)15/h2,5,7,12-13H,1,3-4,6,8-11H2,(H,18,26). The van der Waals surface area contributed by atoms with E-state index in [0.717, 1.165) is 56.4 Å². The molecule has 1 N–H and O–H groups in total. The van der Waals surface area contributed by atoms with Crippen LogP contribution in [0.25, 0.3) is 5.65 Å². The van der Waals surface area contributed by atoms with E-state index >= 15 is 0 Å². The van der Waals surface area contributed by atoms with Gasteiger partial charge in [-0.2, -0.15) is 0 Å². The molecule has 3 heterocycles. The average molecular weight is 354 g/mol. The Kier molecular flexibility index (Phi) is 4.59. The number of tetrazole rings is 1. The van der Waals surface area contributed by atoms with Crippen molar-refractivity contribution >= 4 is 11.6 Å². The van der Waals surface area contributed by atoms with Crippen LogP contribution in [0.3, 0.4) is 0 Å². The van der Waals surface area contributed by atoms with Crippen molar-refractivity contribution in [1.29, 1.82) is 0 Å². The van der Waals surface area contributed by atoms with Gasteiger partial charge in [-0.1, -0.05) is 25.3 Å². The van der Waals surface area contributed by atoms with E-state index in [1.807, 2.05) is 28.8 Å². The van der Waals surface area contributed by atoms with E-state index in [1.165, 1.54) is 0 Å². The van der Waals surface area contributed by atoms with Gasteiger partial charge >= 0.3 is 0 Å². The lowest BCUT2D eigenvalue weighted by atomic mass is 9.81. The van der Waals surface area contributed by atoms with Crippen LogP contribution in [0, 0.1) is 0 Å². The highest BCUT2D eigenvalue weighted by molar-refractivity contribution is 5.84. The van der Waals surface area contributed by atoms with Gasteiger partial charge in [0, 0.05) is 19.2 Å². The first-order valence-electron chi connectivity index (χ1n) is 9.10. The Morgan fingerprint density at radius 1 is 1.19 bits per heavy atom. The van der Waals surface area contributed by atoms with Crippen molar-refractivity contribution in [2.24, 2.45) is 0 Å². The zero-order chi connectivity index (χ0) is 17.8. The molecule has 136 valence electrons. The molecule has 0 aromatic carbocycles. The minimum absolute atomic E-state index is 0.00982. The Morgan fingerprint density at radius 3 is 2.88 bits per heavy atom. The summed E-state index contributed by atoms with van der Waals surface area (Å²) in [7, 11) is 0. The number of aromatic nitrogens is 7. The summed E-state index contributed by atoms with van der Waals surface area (Å²) in [5, 5.41) is 22.9. The number of carbonyl (C=O) groups excluding carboxylic acids is 1. The van der Waals surface area contributed by atoms with Crippen LogP contribution in [0.5, 0.6) is 0 Å². The number of fused-ring (bicyclic) bond motifs is 1. The molecule has 0 spiro atoms. The highest BCUT2D eigenvalue weighted by Gasteiger charge is 2.42. The Morgan fingerprint density at radius 2 is 2.08 bits per heavy atom. The minimum atomic E-state index is -0.649. The number of rotatable bonds is 6. The number of carbonyl (C=O) groups is 1. The molecule has 4 rings (SSSR count). The second kappa shape index (κ2) is 7.19. The lowest BCUT2D eigenvalue weighted by Crippen LogP contribution is -2.50. The fourth-order valence-corrected chi connectivity index (χ4v) is 3.73. The summed E-state index contributed by atoms with van der Waals surface area (Å²) < 4.78 is 3.61. The summed E-state index contributed by atoms with van der Waals surface area (Å²) in [5.41, 5.74) is 0.190. The van der Waals surface area contributed by atoms with Crippen LogP contribution < -0.4 is 5.32 Å². The van der Waals surface area contributed by atoms with Crippen molar-refractivity contribution in [1.82, 2.24) is 40.1 Å². The van der Waals surface area contributed by atoms with E-state index in [4.69, 9.17) is 0 Å². The van der Waals surface area contributed by atoms with Crippen LogP contribution in [-0.4, -0.2) is 47.3 Å². The molecular formula is C17H22N8O. The van der Waals surface area contributed by atoms with Crippen LogP contribution in [0.15, 0.2) is 30.7 Å². The third kappa shape index (κ3) is 3.04. The maximum Gasteiger partial charge on any atom is 0.248 e. The zero-order valence-electron chi connectivity index (χ0n) is 14.6. The average Bonchev–Trinajstić information content (AvgIpc) is 3.36. The molecule has 1 amide bonds. The molecule has 1 aliphatic carbocycles. The Labute approximate surface area is 150 Å². The normalized spacial score (nSPS) is 16.6. The van der Waals surface area contributed by atoms with Crippen LogP contribution in [0.1, 0.15) is 44.3 Å². The number of hydrogen-bond acceptors (Lipinski definition) is 6. The zero-order valence-corrected chi connectivity index (χ0v) is 14.6. The van der Waals surface area contributed by atoms with Crippen molar-refractivity contribution in [3.8, 4) is 0 Å². The number of amides is 1. The summed E-state index contributed by atoms with van der Waals surface area (Å²) >= 11 is 0. The lowest BCUT2D eigenvalue weighted by molar-refractivity contribution is -0.132. The van der Waals surface area contributed by atoms with Crippen molar-refractivity contribution < 1.29 is 4.79 Å². The minimum Gasteiger partial charge on any atom is -0.354 e. The Balaban J connectivity index is 1.37. The topological polar surface area (TPSA) is 103 Å². The summed E-state index contributed by atoms with van der Waals surface area (Å²) in [5.74, 6) is 0.915. The summed E-state index contributed by atoms with van der Waals surface area (Å²) in [6.07, 6.45) is 9.79. The molecule has 9 heteroatoms. The fraction of sp³-hybridized carbons (Fsp3) is 0.529. The molecule has 0 aliphatic heterocycles. The maximum absolute atomic E-state index is 12.9. The third-order valence-corrected chi connectivity index (χ3v) is 5.14. The van der Waals surface area contributed by atoms with E-state index < -0.39 is 5.54 Å². The molecule has 0 bridgehead atoms. The summed E-state index contributed by atoms with van der Waals surface area (Å²) in [4.78, 5) is 12.9. The van der Waals surface area contributed by atoms with Gasteiger partial charge < -0.3 is 5.32 Å². The van der Waals surface area contributed by atoms with Gasteiger partial charge in [0.15, 0.2) is 5.65 Å². The Hall–Kier alpha value is -2.84. The predicted octanol–water partition coefficient (Wildman–Crippen LogP) is 1.12. The number of nitrogens with one attached hydrogen (secondary N) is 1. The molecule has 0 saturated heterocycles. The smallest absolute Gasteiger partial charge is 0.248 e. The quantitative estimate of drug-likeness (QED) is 0.666. The summed E-state index contributed by atoms with van der Waals surface area (Å²) in [6.45, 7) is 0.588. The molecule has 0 radical (unpaired) electrons. The first-order valence-corrected chi connectivity index (χ1v) is 9.10. The first kappa shape index (κ1) is 16.6. The van der Waals surface area contributed by atoms with Gasteiger partial charge in [0.05, 0.1) is 0 Å². The second-order valence-corrected chi connectivity index (χ2v) is 6.75. The van der Waals surface area contributed by atoms with E-state index in [9.17, 15) is 4.79 Å². The molecule has 1 saturated carbocycles. The monoisotopic (exact) mass is 354 g/mol. The van der Waals surface area contributed by atoms with Crippen LogP contribution in [-0.2, 0) is 16.8 Å². The van der Waals surface area contributed by atoms with Crippen LogP contribution in [0.2, 0.25) is 0 Å². The van der Waals surface area contributed by atoms with Crippen molar-refractivity contribution in [2.75, 3.05) is 6.54 Å². The first-order chi connectivity index (χ1) is 12.8. The number of nitrogens with zero attached hydrogens (tertiary/aromatic N) is 7. The second-order valence-electron chi connectivity index (χ2n) is 6.75. The SMILES string of the molecule is O=C(NCCCc1nnc2ccccn12)C1(n2cnnn2)CCCCC1. The van der Waals surface area contributed by atoms with Crippen molar-refractivity contribution in [3.63, 3.8) is 0 Å². The predicted molar refractivity (Wildman–Crippen MR) is 93.2 cm³/mol. The van der Waals surface area contributed by atoms with Gasteiger partial charge in [-0.3, -0.25) is 9.20 Å². The number of pyridine rings is 1. The van der Waals surface area contributed by atoms with Crippen LogP contribution >= 0.6 is 0 Å². The molecule has 9 nitrogen and oxygen atoms in total. The van der Waals surface area contributed by atoms with Gasteiger partial charge in [0.2, 0.25) is 5.91 Å². The van der Waals surface area contributed by atoms with Gasteiger partial charge in [-0.15, -0.1) is 15.3 Å². The van der Waals surface area contributed by atoms with E-state index in [0.29, 0.717) is 6.54 Å². The highest BCUT2D eigenvalue weighted by atomic mass is 16.2. The number of hydrogen-bond donors (Lipinski definition) is 1. The lowest BCUT2D eigenvalue weighted by Gasteiger charge is -2.35. The van der Waals surface area contributed by atoms with Crippen molar-refractivity contribution in [2.45, 2.75) is 50.5 Å². The molecule has 1 aliphatic rings. The largest absolute Gasteiger partial charge is 0.354 e. The molecular weight excluding hydrogens is 332 g/mol.